The van der Waals surface area contributed by atoms with Crippen molar-refractivity contribution < 1.29 is 4.79 Å². The van der Waals surface area contributed by atoms with Crippen LogP contribution < -0.4 is 0 Å². The van der Waals surface area contributed by atoms with Gasteiger partial charge in [-0.05, 0) is 97.4 Å². The molecular formula is C24H38O. The third-order valence-corrected chi connectivity index (χ3v) is 9.72. The van der Waals surface area contributed by atoms with E-state index in [4.69, 9.17) is 0 Å². The Hall–Kier alpha value is -0.590. The molecule has 0 aromatic carbocycles. The van der Waals surface area contributed by atoms with Crippen LogP contribution in [0.1, 0.15) is 86.0 Å². The van der Waals surface area contributed by atoms with E-state index in [-0.39, 0.29) is 0 Å². The van der Waals surface area contributed by atoms with Crippen LogP contribution in [0, 0.1) is 46.3 Å². The Bertz CT molecular complexity index is 587. The minimum Gasteiger partial charge on any atom is -0.295 e. The Labute approximate surface area is 155 Å². The minimum atomic E-state index is 0.333. The Morgan fingerprint density at radius 1 is 0.960 bits per heavy atom. The fraction of sp³-hybridized carbons (Fsp3) is 0.875. The highest BCUT2D eigenvalue weighted by Gasteiger charge is 2.59. The molecule has 0 aromatic rings. The quantitative estimate of drug-likeness (QED) is 0.565. The molecule has 25 heavy (non-hydrogen) atoms. The third kappa shape index (κ3) is 2.51. The lowest BCUT2D eigenvalue weighted by atomic mass is 9.46. The lowest BCUT2D eigenvalue weighted by Crippen LogP contribution is -2.51. The number of ketones is 1. The van der Waals surface area contributed by atoms with Crippen LogP contribution in [0.25, 0.3) is 0 Å². The van der Waals surface area contributed by atoms with E-state index < -0.39 is 0 Å². The van der Waals surface area contributed by atoms with E-state index in [2.05, 4.69) is 34.6 Å². The molecule has 140 valence electrons. The van der Waals surface area contributed by atoms with Crippen molar-refractivity contribution in [2.24, 2.45) is 46.3 Å². The van der Waals surface area contributed by atoms with Crippen molar-refractivity contribution in [1.82, 2.24) is 0 Å². The number of hydrogen-bond donors (Lipinski definition) is 0. The van der Waals surface area contributed by atoms with Crippen LogP contribution in [0.2, 0.25) is 0 Å². The molecule has 4 aliphatic carbocycles. The maximum atomic E-state index is 12.0. The van der Waals surface area contributed by atoms with Gasteiger partial charge >= 0.3 is 0 Å². The Balaban J connectivity index is 1.62. The molecule has 3 saturated carbocycles. The van der Waals surface area contributed by atoms with Gasteiger partial charge in [0.2, 0.25) is 0 Å². The van der Waals surface area contributed by atoms with Gasteiger partial charge in [0, 0.05) is 6.42 Å². The first-order valence-corrected chi connectivity index (χ1v) is 11.0. The number of hydrogen-bond acceptors (Lipinski definition) is 1. The molecule has 1 nitrogen and oxygen atoms in total. The first-order valence-electron chi connectivity index (χ1n) is 11.0. The monoisotopic (exact) mass is 342 g/mol. The van der Waals surface area contributed by atoms with Crippen molar-refractivity contribution in [2.45, 2.75) is 86.0 Å². The van der Waals surface area contributed by atoms with E-state index in [9.17, 15) is 4.79 Å². The second kappa shape index (κ2) is 5.96. The summed E-state index contributed by atoms with van der Waals surface area (Å²) < 4.78 is 0. The largest absolute Gasteiger partial charge is 0.295 e. The average Bonchev–Trinajstić information content (AvgIpc) is 2.92. The minimum absolute atomic E-state index is 0.333. The molecule has 3 fully saturated rings. The van der Waals surface area contributed by atoms with Gasteiger partial charge in [0.15, 0.2) is 5.78 Å². The maximum absolute atomic E-state index is 12.0. The van der Waals surface area contributed by atoms with E-state index in [1.165, 1.54) is 44.1 Å². The zero-order valence-electron chi connectivity index (χ0n) is 17.1. The van der Waals surface area contributed by atoms with Crippen molar-refractivity contribution >= 4 is 5.78 Å². The Morgan fingerprint density at radius 3 is 2.44 bits per heavy atom. The van der Waals surface area contributed by atoms with Crippen LogP contribution in [0.4, 0.5) is 0 Å². The van der Waals surface area contributed by atoms with Gasteiger partial charge in [-0.25, -0.2) is 0 Å². The topological polar surface area (TPSA) is 17.1 Å². The molecule has 0 aliphatic heterocycles. The lowest BCUT2D eigenvalue weighted by Gasteiger charge is -2.58. The van der Waals surface area contributed by atoms with Gasteiger partial charge in [-0.15, -0.1) is 0 Å². The molecule has 0 aromatic heterocycles. The SMILES string of the molecule is CC(C)[C@@H](C)[C@H]1CCC2C3CCC4=CC(=O)CC[C@]4(C)[C@H]3CC[C@@]21C. The second-order valence-electron chi connectivity index (χ2n) is 10.8. The highest BCUT2D eigenvalue weighted by Crippen LogP contribution is 2.67. The molecule has 0 spiro atoms. The zero-order chi connectivity index (χ0) is 18.0. The number of fused-ring (bicyclic) bond motifs is 5. The summed E-state index contributed by atoms with van der Waals surface area (Å²) in [5.41, 5.74) is 2.42. The van der Waals surface area contributed by atoms with Gasteiger partial charge in [0.1, 0.15) is 0 Å². The van der Waals surface area contributed by atoms with E-state index in [0.29, 0.717) is 16.6 Å². The summed E-state index contributed by atoms with van der Waals surface area (Å²) >= 11 is 0. The molecule has 4 aliphatic rings. The molecule has 0 saturated heterocycles. The summed E-state index contributed by atoms with van der Waals surface area (Å²) in [5, 5.41) is 0. The number of rotatable bonds is 2. The fourth-order valence-corrected chi connectivity index (χ4v) is 7.93. The molecular weight excluding hydrogens is 304 g/mol. The van der Waals surface area contributed by atoms with Gasteiger partial charge in [-0.1, -0.05) is 40.2 Å². The Kier molecular flexibility index (Phi) is 4.25. The first kappa shape index (κ1) is 17.8. The maximum Gasteiger partial charge on any atom is 0.155 e. The Morgan fingerprint density at radius 2 is 1.72 bits per heavy atom. The zero-order valence-corrected chi connectivity index (χ0v) is 17.1. The summed E-state index contributed by atoms with van der Waals surface area (Å²) in [6.45, 7) is 12.5. The number of allylic oxidation sites excluding steroid dienone is 1. The van der Waals surface area contributed by atoms with Crippen molar-refractivity contribution in [3.05, 3.63) is 11.6 Å². The van der Waals surface area contributed by atoms with Crippen molar-refractivity contribution in [2.75, 3.05) is 0 Å². The first-order chi connectivity index (χ1) is 11.8. The predicted octanol–water partition coefficient (Wildman–Crippen LogP) is 6.43. The average molecular weight is 343 g/mol. The van der Waals surface area contributed by atoms with Gasteiger partial charge in [0.05, 0.1) is 0 Å². The highest BCUT2D eigenvalue weighted by molar-refractivity contribution is 5.91. The van der Waals surface area contributed by atoms with Crippen molar-refractivity contribution in [1.29, 1.82) is 0 Å². The molecule has 0 radical (unpaired) electrons. The van der Waals surface area contributed by atoms with Crippen LogP contribution >= 0.6 is 0 Å². The summed E-state index contributed by atoms with van der Waals surface area (Å²) in [7, 11) is 0. The molecule has 7 atom stereocenters. The molecule has 2 unspecified atom stereocenters. The van der Waals surface area contributed by atoms with Crippen LogP contribution in [0.3, 0.4) is 0 Å². The molecule has 0 N–H and O–H groups in total. The van der Waals surface area contributed by atoms with Crippen LogP contribution in [0.15, 0.2) is 11.6 Å². The van der Waals surface area contributed by atoms with E-state index in [1.54, 1.807) is 0 Å². The highest BCUT2D eigenvalue weighted by atomic mass is 16.1. The molecule has 4 rings (SSSR count). The van der Waals surface area contributed by atoms with Crippen molar-refractivity contribution in [3.63, 3.8) is 0 Å². The molecule has 0 amide bonds. The van der Waals surface area contributed by atoms with E-state index >= 15 is 0 Å². The molecule has 1 heteroatoms. The predicted molar refractivity (Wildman–Crippen MR) is 104 cm³/mol. The number of carbonyl (C=O) groups excluding carboxylic acids is 1. The van der Waals surface area contributed by atoms with Crippen molar-refractivity contribution in [3.8, 4) is 0 Å². The third-order valence-electron chi connectivity index (χ3n) is 9.72. The molecule has 0 bridgehead atoms. The smallest absolute Gasteiger partial charge is 0.155 e. The normalized spacial score (nSPS) is 47.8. The van der Waals surface area contributed by atoms with Gasteiger partial charge < -0.3 is 0 Å². The van der Waals surface area contributed by atoms with Crippen LogP contribution in [-0.4, -0.2) is 5.78 Å². The lowest BCUT2D eigenvalue weighted by molar-refractivity contribution is -0.117. The second-order valence-corrected chi connectivity index (χ2v) is 10.8. The molecule has 0 heterocycles. The van der Waals surface area contributed by atoms with E-state index in [1.807, 2.05) is 6.08 Å². The van der Waals surface area contributed by atoms with Gasteiger partial charge in [-0.2, -0.15) is 0 Å². The van der Waals surface area contributed by atoms with Gasteiger partial charge in [-0.3, -0.25) is 4.79 Å². The fourth-order valence-electron chi connectivity index (χ4n) is 7.93. The van der Waals surface area contributed by atoms with E-state index in [0.717, 1.165) is 48.3 Å². The summed E-state index contributed by atoms with van der Waals surface area (Å²) in [6.07, 6.45) is 12.3. The number of carbonyl (C=O) groups is 1. The summed E-state index contributed by atoms with van der Waals surface area (Å²) in [6, 6.07) is 0. The van der Waals surface area contributed by atoms with Gasteiger partial charge in [0.25, 0.3) is 0 Å². The standard InChI is InChI=1S/C24H38O/c1-15(2)16(3)20-8-9-21-19-7-6-17-14-18(25)10-12-23(17,4)22(19)11-13-24(20,21)5/h14-16,19-22H,6-13H2,1-5H3/t16-,19?,20-,21?,22+,23+,24-/m1/s1. The van der Waals surface area contributed by atoms with Crippen LogP contribution in [0.5, 0.6) is 0 Å². The summed E-state index contributed by atoms with van der Waals surface area (Å²) in [5.74, 6) is 5.67. The van der Waals surface area contributed by atoms with Crippen LogP contribution in [-0.2, 0) is 4.79 Å². The summed E-state index contributed by atoms with van der Waals surface area (Å²) in [4.78, 5) is 12.0.